The third-order valence-corrected chi connectivity index (χ3v) is 4.44. The Bertz CT molecular complexity index is 937. The maximum absolute atomic E-state index is 10.9. The van der Waals surface area contributed by atoms with Crippen LogP contribution >= 0.6 is 0 Å². The van der Waals surface area contributed by atoms with E-state index in [-0.39, 0.29) is 5.69 Å². The van der Waals surface area contributed by atoms with Gasteiger partial charge in [-0.3, -0.25) is 10.1 Å². The van der Waals surface area contributed by atoms with Crippen LogP contribution in [0.15, 0.2) is 53.1 Å². The second-order valence-corrected chi connectivity index (χ2v) is 6.13. The first-order valence-corrected chi connectivity index (χ1v) is 8.04. The van der Waals surface area contributed by atoms with Crippen LogP contribution in [0.1, 0.15) is 18.4 Å². The predicted molar refractivity (Wildman–Crippen MR) is 92.2 cm³/mol. The number of nitrogens with zero attached hydrogens (tertiary/aromatic N) is 4. The Morgan fingerprint density at radius 3 is 2.96 bits per heavy atom. The molecule has 0 bridgehead atoms. The van der Waals surface area contributed by atoms with Gasteiger partial charge in [0, 0.05) is 29.4 Å². The summed E-state index contributed by atoms with van der Waals surface area (Å²) < 4.78 is 5.37. The molecule has 0 fully saturated rings. The molecule has 2 aromatic carbocycles. The van der Waals surface area contributed by atoms with Gasteiger partial charge in [-0.05, 0) is 25.0 Å². The lowest BCUT2D eigenvalue weighted by Gasteiger charge is -2.22. The zero-order valence-corrected chi connectivity index (χ0v) is 13.6. The maximum Gasteiger partial charge on any atom is 0.270 e. The van der Waals surface area contributed by atoms with Gasteiger partial charge in [-0.15, -0.1) is 0 Å². The molecule has 1 atom stereocenters. The van der Waals surface area contributed by atoms with Crippen LogP contribution < -0.4 is 4.90 Å². The van der Waals surface area contributed by atoms with E-state index in [0.29, 0.717) is 29.9 Å². The summed E-state index contributed by atoms with van der Waals surface area (Å²) in [5.74, 6) is 0.851. The summed E-state index contributed by atoms with van der Waals surface area (Å²) in [6.45, 7) is 2.68. The fraction of sp³-hybridized carbons (Fsp3) is 0.222. The highest BCUT2D eigenvalue weighted by Gasteiger charge is 2.27. The zero-order valence-electron chi connectivity index (χ0n) is 13.6. The van der Waals surface area contributed by atoms with Crippen molar-refractivity contribution in [1.82, 2.24) is 10.1 Å². The molecule has 3 aromatic rings. The number of nitro benzene ring substituents is 1. The molecule has 1 aliphatic heterocycles. The molecular formula is C18H16N4O3. The number of para-hydroxylation sites is 1. The van der Waals surface area contributed by atoms with E-state index in [1.54, 1.807) is 12.1 Å². The quantitative estimate of drug-likeness (QED) is 0.534. The van der Waals surface area contributed by atoms with Crippen LogP contribution in [0.4, 0.5) is 11.4 Å². The van der Waals surface area contributed by atoms with E-state index >= 15 is 0 Å². The van der Waals surface area contributed by atoms with E-state index in [0.717, 1.165) is 6.42 Å². The smallest absolute Gasteiger partial charge is 0.270 e. The van der Waals surface area contributed by atoms with Crippen LogP contribution in [0.2, 0.25) is 0 Å². The second kappa shape index (κ2) is 6.01. The van der Waals surface area contributed by atoms with Gasteiger partial charge in [-0.1, -0.05) is 35.5 Å². The van der Waals surface area contributed by atoms with Crippen LogP contribution in [0.25, 0.3) is 11.4 Å². The van der Waals surface area contributed by atoms with E-state index < -0.39 is 4.92 Å². The van der Waals surface area contributed by atoms with E-state index in [2.05, 4.69) is 34.1 Å². The standard InChI is InChI=1S/C18H16N4O3/c1-12-9-13-5-2-3-8-16(13)21(12)11-17-19-18(20-25-17)14-6-4-7-15(10-14)22(23)24/h2-8,10,12H,9,11H2,1H3. The number of non-ortho nitro benzene ring substituents is 1. The Labute approximate surface area is 144 Å². The van der Waals surface area contributed by atoms with Gasteiger partial charge in [0.05, 0.1) is 11.5 Å². The molecule has 7 nitrogen and oxygen atoms in total. The molecule has 1 aliphatic rings. The van der Waals surface area contributed by atoms with Gasteiger partial charge in [-0.2, -0.15) is 4.98 Å². The van der Waals surface area contributed by atoms with Gasteiger partial charge in [0.25, 0.3) is 5.69 Å². The maximum atomic E-state index is 10.9. The topological polar surface area (TPSA) is 85.3 Å². The number of aromatic nitrogens is 2. The summed E-state index contributed by atoms with van der Waals surface area (Å²) in [5, 5.41) is 14.9. The lowest BCUT2D eigenvalue weighted by Crippen LogP contribution is -2.28. The summed E-state index contributed by atoms with van der Waals surface area (Å²) in [6, 6.07) is 14.9. The first-order valence-electron chi connectivity index (χ1n) is 8.04. The van der Waals surface area contributed by atoms with Gasteiger partial charge in [0.1, 0.15) is 0 Å². The summed E-state index contributed by atoms with van der Waals surface area (Å²) >= 11 is 0. The van der Waals surface area contributed by atoms with Crippen molar-refractivity contribution in [2.24, 2.45) is 0 Å². The van der Waals surface area contributed by atoms with Crippen molar-refractivity contribution >= 4 is 11.4 Å². The van der Waals surface area contributed by atoms with Gasteiger partial charge in [0.15, 0.2) is 0 Å². The van der Waals surface area contributed by atoms with E-state index in [1.165, 1.54) is 23.4 Å². The number of benzene rings is 2. The largest absolute Gasteiger partial charge is 0.359 e. The molecule has 2 heterocycles. The molecule has 0 saturated heterocycles. The van der Waals surface area contributed by atoms with Gasteiger partial charge < -0.3 is 9.42 Å². The van der Waals surface area contributed by atoms with E-state index in [4.69, 9.17) is 4.52 Å². The van der Waals surface area contributed by atoms with Crippen LogP contribution in [-0.2, 0) is 13.0 Å². The molecule has 0 amide bonds. The molecule has 0 aliphatic carbocycles. The average Bonchev–Trinajstić information content (AvgIpc) is 3.21. The van der Waals surface area contributed by atoms with Gasteiger partial charge >= 0.3 is 0 Å². The highest BCUT2D eigenvalue weighted by molar-refractivity contribution is 5.60. The second-order valence-electron chi connectivity index (χ2n) is 6.13. The van der Waals surface area contributed by atoms with Crippen LogP contribution in [-0.4, -0.2) is 21.1 Å². The monoisotopic (exact) mass is 336 g/mol. The van der Waals surface area contributed by atoms with Crippen molar-refractivity contribution in [1.29, 1.82) is 0 Å². The van der Waals surface area contributed by atoms with Crippen molar-refractivity contribution in [2.75, 3.05) is 4.90 Å². The number of fused-ring (bicyclic) bond motifs is 1. The molecule has 7 heteroatoms. The molecule has 0 spiro atoms. The summed E-state index contributed by atoms with van der Waals surface area (Å²) in [5.41, 5.74) is 3.07. The fourth-order valence-electron chi connectivity index (χ4n) is 3.21. The molecular weight excluding hydrogens is 320 g/mol. The van der Waals surface area contributed by atoms with Crippen molar-refractivity contribution in [3.63, 3.8) is 0 Å². The average molecular weight is 336 g/mol. The number of nitro groups is 1. The normalized spacial score (nSPS) is 16.0. The number of anilines is 1. The molecule has 0 N–H and O–H groups in total. The first kappa shape index (κ1) is 15.3. The lowest BCUT2D eigenvalue weighted by molar-refractivity contribution is -0.384. The highest BCUT2D eigenvalue weighted by atomic mass is 16.6. The fourth-order valence-corrected chi connectivity index (χ4v) is 3.21. The third kappa shape index (κ3) is 2.84. The van der Waals surface area contributed by atoms with Crippen molar-refractivity contribution in [3.8, 4) is 11.4 Å². The molecule has 25 heavy (non-hydrogen) atoms. The minimum Gasteiger partial charge on any atom is -0.359 e. The molecule has 0 radical (unpaired) electrons. The van der Waals surface area contributed by atoms with Gasteiger partial charge in [-0.25, -0.2) is 0 Å². The van der Waals surface area contributed by atoms with E-state index in [9.17, 15) is 10.1 Å². The number of hydrogen-bond donors (Lipinski definition) is 0. The summed E-state index contributed by atoms with van der Waals surface area (Å²) in [4.78, 5) is 17.1. The number of hydrogen-bond acceptors (Lipinski definition) is 6. The highest BCUT2D eigenvalue weighted by Crippen LogP contribution is 2.33. The Hall–Kier alpha value is -3.22. The Morgan fingerprint density at radius 1 is 1.28 bits per heavy atom. The minimum atomic E-state index is -0.437. The van der Waals surface area contributed by atoms with Crippen molar-refractivity contribution < 1.29 is 9.45 Å². The third-order valence-electron chi connectivity index (χ3n) is 4.44. The van der Waals surface area contributed by atoms with E-state index in [1.807, 2.05) is 12.1 Å². The lowest BCUT2D eigenvalue weighted by atomic mass is 10.1. The van der Waals surface area contributed by atoms with Crippen molar-refractivity contribution in [3.05, 3.63) is 70.1 Å². The number of rotatable bonds is 4. The Kier molecular flexibility index (Phi) is 3.68. The molecule has 126 valence electrons. The zero-order chi connectivity index (χ0) is 17.4. The van der Waals surface area contributed by atoms with Gasteiger partial charge in [0.2, 0.25) is 11.7 Å². The van der Waals surface area contributed by atoms with Crippen LogP contribution in [0, 0.1) is 10.1 Å². The van der Waals surface area contributed by atoms with Crippen LogP contribution in [0.5, 0.6) is 0 Å². The summed E-state index contributed by atoms with van der Waals surface area (Å²) in [6.07, 6.45) is 0.988. The first-order chi connectivity index (χ1) is 12.1. The Morgan fingerprint density at radius 2 is 2.12 bits per heavy atom. The minimum absolute atomic E-state index is 0.00550. The molecule has 4 rings (SSSR count). The Balaban J connectivity index is 1.58. The van der Waals surface area contributed by atoms with Crippen LogP contribution in [0.3, 0.4) is 0 Å². The molecule has 0 saturated carbocycles. The predicted octanol–water partition coefficient (Wildman–Crippen LogP) is 3.60. The SMILES string of the molecule is CC1Cc2ccccc2N1Cc1nc(-c2cccc([N+](=O)[O-])c2)no1. The summed E-state index contributed by atoms with van der Waals surface area (Å²) in [7, 11) is 0. The van der Waals surface area contributed by atoms with Crippen molar-refractivity contribution in [2.45, 2.75) is 25.9 Å². The molecule has 1 unspecified atom stereocenters. The molecule has 1 aromatic heterocycles.